The molecule has 0 spiro atoms. The molecule has 0 bridgehead atoms. The van der Waals surface area contributed by atoms with Crippen molar-refractivity contribution in [2.24, 2.45) is 0 Å². The van der Waals surface area contributed by atoms with Crippen molar-refractivity contribution in [1.29, 1.82) is 0 Å². The second-order valence-corrected chi connectivity index (χ2v) is 6.85. The van der Waals surface area contributed by atoms with Gasteiger partial charge < -0.3 is 15.1 Å². The van der Waals surface area contributed by atoms with E-state index in [0.717, 1.165) is 38.3 Å². The number of carbonyl (C=O) groups excluding carboxylic acids is 1. The van der Waals surface area contributed by atoms with E-state index in [0.29, 0.717) is 12.2 Å². The topological polar surface area (TPSA) is 48.5 Å². The number of hydrogen-bond donors (Lipinski definition) is 1. The molecule has 1 saturated heterocycles. The number of pyridine rings is 1. The van der Waals surface area contributed by atoms with Gasteiger partial charge in [-0.05, 0) is 49.6 Å². The van der Waals surface area contributed by atoms with Gasteiger partial charge in [-0.2, -0.15) is 0 Å². The highest BCUT2D eigenvalue weighted by atomic mass is 16.1. The molecule has 3 rings (SSSR count). The quantitative estimate of drug-likeness (QED) is 0.898. The van der Waals surface area contributed by atoms with E-state index in [4.69, 9.17) is 0 Å². The third-order valence-electron chi connectivity index (χ3n) is 5.08. The molecule has 1 fully saturated rings. The third kappa shape index (κ3) is 3.98. The number of carbonyl (C=O) groups is 1. The standard InChI is InChI=1S/C21H28N4O/c1-4-10-22-21(26)19-9-8-18(15-23-19)24-11-13-25(14-12-24)20-7-5-6-16(2)17(20)3/h5-9,15H,4,10-14H2,1-3H3,(H,22,26). The molecule has 1 aromatic carbocycles. The maximum absolute atomic E-state index is 12.0. The number of amides is 1. The fraction of sp³-hybridized carbons (Fsp3) is 0.429. The zero-order valence-corrected chi connectivity index (χ0v) is 16.0. The molecule has 0 atom stereocenters. The zero-order chi connectivity index (χ0) is 18.5. The summed E-state index contributed by atoms with van der Waals surface area (Å²) in [6.07, 6.45) is 2.74. The van der Waals surface area contributed by atoms with Gasteiger partial charge in [-0.1, -0.05) is 19.1 Å². The number of aromatic nitrogens is 1. The molecule has 26 heavy (non-hydrogen) atoms. The number of hydrogen-bond acceptors (Lipinski definition) is 4. The average molecular weight is 352 g/mol. The average Bonchev–Trinajstić information content (AvgIpc) is 2.68. The molecule has 2 aromatic rings. The third-order valence-corrected chi connectivity index (χ3v) is 5.08. The van der Waals surface area contributed by atoms with E-state index in [1.807, 2.05) is 25.3 Å². The zero-order valence-electron chi connectivity index (χ0n) is 16.0. The summed E-state index contributed by atoms with van der Waals surface area (Å²) in [5.41, 5.74) is 5.61. The van der Waals surface area contributed by atoms with Crippen molar-refractivity contribution in [2.75, 3.05) is 42.5 Å². The van der Waals surface area contributed by atoms with Gasteiger partial charge >= 0.3 is 0 Å². The molecular formula is C21H28N4O. The molecule has 0 unspecified atom stereocenters. The number of benzene rings is 1. The molecule has 1 amide bonds. The second-order valence-electron chi connectivity index (χ2n) is 6.85. The van der Waals surface area contributed by atoms with Crippen LogP contribution in [0.5, 0.6) is 0 Å². The molecule has 138 valence electrons. The number of aryl methyl sites for hydroxylation is 1. The van der Waals surface area contributed by atoms with Crippen molar-refractivity contribution in [2.45, 2.75) is 27.2 Å². The van der Waals surface area contributed by atoms with Crippen LogP contribution in [0.4, 0.5) is 11.4 Å². The molecule has 0 aliphatic carbocycles. The first-order valence-corrected chi connectivity index (χ1v) is 9.40. The van der Waals surface area contributed by atoms with Gasteiger partial charge in [0.1, 0.15) is 5.69 Å². The van der Waals surface area contributed by atoms with Gasteiger partial charge in [0, 0.05) is 38.4 Å². The number of nitrogens with one attached hydrogen (secondary N) is 1. The molecule has 1 aliphatic rings. The number of rotatable bonds is 5. The predicted octanol–water partition coefficient (Wildman–Crippen LogP) is 3.16. The maximum atomic E-state index is 12.0. The van der Waals surface area contributed by atoms with E-state index in [1.165, 1.54) is 16.8 Å². The number of nitrogens with zero attached hydrogens (tertiary/aromatic N) is 3. The molecule has 2 heterocycles. The Morgan fingerprint density at radius 3 is 2.46 bits per heavy atom. The van der Waals surface area contributed by atoms with Crippen LogP contribution in [-0.2, 0) is 0 Å². The smallest absolute Gasteiger partial charge is 0.269 e. The molecule has 5 nitrogen and oxygen atoms in total. The summed E-state index contributed by atoms with van der Waals surface area (Å²) in [7, 11) is 0. The number of anilines is 2. The Balaban J connectivity index is 1.61. The van der Waals surface area contributed by atoms with E-state index in [1.54, 1.807) is 0 Å². The van der Waals surface area contributed by atoms with Crippen molar-refractivity contribution in [1.82, 2.24) is 10.3 Å². The Labute approximate surface area is 156 Å². The van der Waals surface area contributed by atoms with Crippen LogP contribution in [-0.4, -0.2) is 43.6 Å². The number of piperazine rings is 1. The lowest BCUT2D eigenvalue weighted by molar-refractivity contribution is 0.0948. The summed E-state index contributed by atoms with van der Waals surface area (Å²) in [6, 6.07) is 10.3. The van der Waals surface area contributed by atoms with Crippen LogP contribution in [0, 0.1) is 13.8 Å². The fourth-order valence-corrected chi connectivity index (χ4v) is 3.32. The van der Waals surface area contributed by atoms with Gasteiger partial charge in [-0.15, -0.1) is 0 Å². The van der Waals surface area contributed by atoms with Crippen molar-refractivity contribution in [3.8, 4) is 0 Å². The lowest BCUT2D eigenvalue weighted by Gasteiger charge is -2.38. The highest BCUT2D eigenvalue weighted by molar-refractivity contribution is 5.92. The van der Waals surface area contributed by atoms with Crippen molar-refractivity contribution in [3.63, 3.8) is 0 Å². The largest absolute Gasteiger partial charge is 0.368 e. The van der Waals surface area contributed by atoms with Crippen LogP contribution in [0.2, 0.25) is 0 Å². The van der Waals surface area contributed by atoms with Crippen molar-refractivity contribution >= 4 is 17.3 Å². The van der Waals surface area contributed by atoms with Gasteiger partial charge in [0.25, 0.3) is 5.91 Å². The summed E-state index contributed by atoms with van der Waals surface area (Å²) in [6.45, 7) is 11.0. The van der Waals surface area contributed by atoms with Gasteiger partial charge in [-0.3, -0.25) is 4.79 Å². The first kappa shape index (κ1) is 18.2. The lowest BCUT2D eigenvalue weighted by atomic mass is 10.1. The Morgan fingerprint density at radius 1 is 1.08 bits per heavy atom. The van der Waals surface area contributed by atoms with Crippen LogP contribution in [0.3, 0.4) is 0 Å². The minimum Gasteiger partial charge on any atom is -0.368 e. The summed E-state index contributed by atoms with van der Waals surface area (Å²) >= 11 is 0. The van der Waals surface area contributed by atoms with Crippen LogP contribution in [0.25, 0.3) is 0 Å². The molecule has 1 aromatic heterocycles. The van der Waals surface area contributed by atoms with Gasteiger partial charge in [-0.25, -0.2) is 4.98 Å². The Morgan fingerprint density at radius 2 is 1.81 bits per heavy atom. The summed E-state index contributed by atoms with van der Waals surface area (Å²) < 4.78 is 0. The highest BCUT2D eigenvalue weighted by Crippen LogP contribution is 2.25. The molecule has 0 saturated carbocycles. The van der Waals surface area contributed by atoms with Crippen LogP contribution in [0.15, 0.2) is 36.5 Å². The normalized spacial score (nSPS) is 14.4. The Hall–Kier alpha value is -2.56. The van der Waals surface area contributed by atoms with Gasteiger partial charge in [0.15, 0.2) is 0 Å². The molecular weight excluding hydrogens is 324 g/mol. The SMILES string of the molecule is CCCNC(=O)c1ccc(N2CCN(c3cccc(C)c3C)CC2)cn1. The maximum Gasteiger partial charge on any atom is 0.269 e. The van der Waals surface area contributed by atoms with Gasteiger partial charge in [0.05, 0.1) is 11.9 Å². The monoisotopic (exact) mass is 352 g/mol. The molecule has 1 aliphatic heterocycles. The van der Waals surface area contributed by atoms with Gasteiger partial charge in [0.2, 0.25) is 0 Å². The molecule has 0 radical (unpaired) electrons. The van der Waals surface area contributed by atoms with E-state index < -0.39 is 0 Å². The van der Waals surface area contributed by atoms with Crippen molar-refractivity contribution in [3.05, 3.63) is 53.3 Å². The predicted molar refractivity (Wildman–Crippen MR) is 107 cm³/mol. The molecule has 1 N–H and O–H groups in total. The summed E-state index contributed by atoms with van der Waals surface area (Å²) in [5.74, 6) is -0.0989. The minimum atomic E-state index is -0.0989. The minimum absolute atomic E-state index is 0.0989. The Bertz CT molecular complexity index is 749. The van der Waals surface area contributed by atoms with Crippen LogP contribution in [0.1, 0.15) is 35.0 Å². The first-order chi connectivity index (χ1) is 12.6. The fourth-order valence-electron chi connectivity index (χ4n) is 3.32. The molecule has 5 heteroatoms. The second kappa shape index (κ2) is 8.21. The van der Waals surface area contributed by atoms with Crippen LogP contribution < -0.4 is 15.1 Å². The summed E-state index contributed by atoms with van der Waals surface area (Å²) in [5, 5.41) is 2.86. The van der Waals surface area contributed by atoms with Crippen molar-refractivity contribution < 1.29 is 4.79 Å². The lowest BCUT2D eigenvalue weighted by Crippen LogP contribution is -2.46. The first-order valence-electron chi connectivity index (χ1n) is 9.40. The van der Waals surface area contributed by atoms with E-state index in [2.05, 4.69) is 52.1 Å². The van der Waals surface area contributed by atoms with E-state index in [-0.39, 0.29) is 5.91 Å². The van der Waals surface area contributed by atoms with E-state index in [9.17, 15) is 4.79 Å². The Kier molecular flexibility index (Phi) is 5.76. The highest BCUT2D eigenvalue weighted by Gasteiger charge is 2.19. The van der Waals surface area contributed by atoms with Crippen LogP contribution >= 0.6 is 0 Å². The summed E-state index contributed by atoms with van der Waals surface area (Å²) in [4.78, 5) is 21.1. The van der Waals surface area contributed by atoms with E-state index >= 15 is 0 Å².